The molecule has 1 rings (SSSR count). The van der Waals surface area contributed by atoms with Crippen molar-refractivity contribution in [3.8, 4) is 0 Å². The van der Waals surface area contributed by atoms with Crippen LogP contribution in [0.2, 0.25) is 5.02 Å². The molecular weight excluding hydrogens is 237 g/mol. The topological polar surface area (TPSA) is 44.0 Å². The van der Waals surface area contributed by atoms with Gasteiger partial charge in [-0.3, -0.25) is 13.9 Å². The lowest BCUT2D eigenvalue weighted by Gasteiger charge is -2.13. The van der Waals surface area contributed by atoms with E-state index in [4.69, 9.17) is 11.6 Å². The van der Waals surface area contributed by atoms with Crippen LogP contribution in [-0.2, 0) is 20.3 Å². The number of aromatic nitrogens is 2. The zero-order valence-electron chi connectivity index (χ0n) is 7.72. The van der Waals surface area contributed by atoms with Gasteiger partial charge in [-0.15, -0.1) is 0 Å². The maximum absolute atomic E-state index is 12.4. The van der Waals surface area contributed by atoms with Gasteiger partial charge in [0.25, 0.3) is 5.56 Å². The molecule has 0 aliphatic rings. The van der Waals surface area contributed by atoms with Gasteiger partial charge in [-0.1, -0.05) is 11.6 Å². The molecular formula is C7H6ClF3N2O2. The standard InChI is InChI=1S/C7H6ClF3N2O2/c1-12-4(7(9,10)11)3(8)5(14)13(2)6(12)15/h1-2H3. The first-order valence-corrected chi connectivity index (χ1v) is 4.08. The second kappa shape index (κ2) is 3.41. The Morgan fingerprint density at radius 3 is 2.00 bits per heavy atom. The largest absolute Gasteiger partial charge is 0.433 e. The number of hydrogen-bond donors (Lipinski definition) is 0. The van der Waals surface area contributed by atoms with E-state index in [2.05, 4.69) is 0 Å². The summed E-state index contributed by atoms with van der Waals surface area (Å²) in [6.07, 6.45) is -4.83. The SMILES string of the molecule is Cn1c(C(F)(F)F)c(Cl)c(=O)n(C)c1=O. The van der Waals surface area contributed by atoms with E-state index >= 15 is 0 Å². The summed E-state index contributed by atoms with van der Waals surface area (Å²) in [4.78, 5) is 22.3. The predicted octanol–water partition coefficient (Wildman–Crippen LogP) is 0.756. The smallest absolute Gasteiger partial charge is 0.291 e. The monoisotopic (exact) mass is 242 g/mol. The van der Waals surface area contributed by atoms with Crippen LogP contribution in [0.25, 0.3) is 0 Å². The fourth-order valence-corrected chi connectivity index (χ4v) is 1.48. The quantitative estimate of drug-likeness (QED) is 0.674. The lowest BCUT2D eigenvalue weighted by Crippen LogP contribution is -2.41. The van der Waals surface area contributed by atoms with Crippen molar-refractivity contribution in [2.45, 2.75) is 6.18 Å². The minimum absolute atomic E-state index is 0.295. The second-order valence-electron chi connectivity index (χ2n) is 2.87. The van der Waals surface area contributed by atoms with Crippen molar-refractivity contribution in [2.24, 2.45) is 14.1 Å². The van der Waals surface area contributed by atoms with Gasteiger partial charge in [0, 0.05) is 14.1 Å². The summed E-state index contributed by atoms with van der Waals surface area (Å²) in [6, 6.07) is 0. The second-order valence-corrected chi connectivity index (χ2v) is 3.24. The molecule has 1 aromatic rings. The van der Waals surface area contributed by atoms with Crippen LogP contribution in [0.3, 0.4) is 0 Å². The molecule has 0 fully saturated rings. The molecule has 0 N–H and O–H groups in total. The van der Waals surface area contributed by atoms with Crippen molar-refractivity contribution >= 4 is 11.6 Å². The van der Waals surface area contributed by atoms with E-state index < -0.39 is 28.1 Å². The molecule has 0 aliphatic carbocycles. The van der Waals surface area contributed by atoms with Gasteiger partial charge in [0.1, 0.15) is 5.02 Å². The summed E-state index contributed by atoms with van der Waals surface area (Å²) in [5.41, 5.74) is -3.67. The molecule has 0 amide bonds. The van der Waals surface area contributed by atoms with Gasteiger partial charge in [0.15, 0.2) is 5.69 Å². The van der Waals surface area contributed by atoms with Crippen LogP contribution in [0, 0.1) is 0 Å². The van der Waals surface area contributed by atoms with E-state index in [1.54, 1.807) is 0 Å². The summed E-state index contributed by atoms with van der Waals surface area (Å²) in [6.45, 7) is 0. The molecule has 8 heteroatoms. The normalized spacial score (nSPS) is 11.9. The van der Waals surface area contributed by atoms with Crippen LogP contribution in [0.1, 0.15) is 5.69 Å². The van der Waals surface area contributed by atoms with Gasteiger partial charge in [0.05, 0.1) is 0 Å². The van der Waals surface area contributed by atoms with Gasteiger partial charge in [-0.05, 0) is 0 Å². The van der Waals surface area contributed by atoms with Crippen molar-refractivity contribution in [1.82, 2.24) is 9.13 Å². The highest BCUT2D eigenvalue weighted by molar-refractivity contribution is 6.31. The van der Waals surface area contributed by atoms with Crippen molar-refractivity contribution in [2.75, 3.05) is 0 Å². The Bertz CT molecular complexity index is 477. The Morgan fingerprint density at radius 1 is 1.13 bits per heavy atom. The molecule has 4 nitrogen and oxygen atoms in total. The van der Waals surface area contributed by atoms with E-state index in [1.165, 1.54) is 0 Å². The number of rotatable bonds is 0. The first-order valence-electron chi connectivity index (χ1n) is 3.70. The molecule has 0 unspecified atom stereocenters. The summed E-state index contributed by atoms with van der Waals surface area (Å²) < 4.78 is 38.0. The van der Waals surface area contributed by atoms with Gasteiger partial charge >= 0.3 is 11.9 Å². The molecule has 1 aromatic heterocycles. The van der Waals surface area contributed by atoms with Crippen LogP contribution in [0.5, 0.6) is 0 Å². The number of alkyl halides is 3. The maximum Gasteiger partial charge on any atom is 0.433 e. The molecule has 0 spiro atoms. The lowest BCUT2D eigenvalue weighted by molar-refractivity contribution is -0.143. The van der Waals surface area contributed by atoms with Crippen LogP contribution in [0.15, 0.2) is 9.59 Å². The van der Waals surface area contributed by atoms with Crippen molar-refractivity contribution in [3.63, 3.8) is 0 Å². The molecule has 0 atom stereocenters. The summed E-state index contributed by atoms with van der Waals surface area (Å²) in [5.74, 6) is 0. The van der Waals surface area contributed by atoms with Crippen LogP contribution in [0.4, 0.5) is 13.2 Å². The Morgan fingerprint density at radius 2 is 1.60 bits per heavy atom. The highest BCUT2D eigenvalue weighted by Gasteiger charge is 2.38. The Labute approximate surface area is 86.5 Å². The average molecular weight is 243 g/mol. The molecule has 15 heavy (non-hydrogen) atoms. The number of nitrogens with zero attached hydrogens (tertiary/aromatic N) is 2. The molecule has 0 saturated carbocycles. The third-order valence-electron chi connectivity index (χ3n) is 1.88. The van der Waals surface area contributed by atoms with Gasteiger partial charge in [-0.2, -0.15) is 13.2 Å². The molecule has 0 radical (unpaired) electrons. The van der Waals surface area contributed by atoms with E-state index in [0.29, 0.717) is 9.13 Å². The molecule has 84 valence electrons. The zero-order chi connectivity index (χ0) is 12.0. The molecule has 0 saturated heterocycles. The Kier molecular flexibility index (Phi) is 2.69. The Hall–Kier alpha value is -1.24. The molecule has 0 aliphatic heterocycles. The fourth-order valence-electron chi connectivity index (χ4n) is 1.12. The molecule has 0 aromatic carbocycles. The van der Waals surface area contributed by atoms with Crippen LogP contribution < -0.4 is 11.2 Å². The van der Waals surface area contributed by atoms with E-state index in [0.717, 1.165) is 14.1 Å². The highest BCUT2D eigenvalue weighted by atomic mass is 35.5. The van der Waals surface area contributed by atoms with Crippen molar-refractivity contribution in [3.05, 3.63) is 31.6 Å². The van der Waals surface area contributed by atoms with E-state index in [1.807, 2.05) is 0 Å². The van der Waals surface area contributed by atoms with Gasteiger partial charge in [-0.25, -0.2) is 4.79 Å². The van der Waals surface area contributed by atoms with E-state index in [9.17, 15) is 22.8 Å². The summed E-state index contributed by atoms with van der Waals surface area (Å²) in [5, 5.41) is -1.01. The van der Waals surface area contributed by atoms with Crippen LogP contribution in [-0.4, -0.2) is 9.13 Å². The minimum atomic E-state index is -4.83. The van der Waals surface area contributed by atoms with E-state index in [-0.39, 0.29) is 0 Å². The maximum atomic E-state index is 12.4. The third-order valence-corrected chi connectivity index (χ3v) is 2.22. The number of hydrogen-bond acceptors (Lipinski definition) is 2. The van der Waals surface area contributed by atoms with Gasteiger partial charge < -0.3 is 0 Å². The number of halogens is 4. The Balaban J connectivity index is 3.85. The summed E-state index contributed by atoms with van der Waals surface area (Å²) >= 11 is 5.25. The van der Waals surface area contributed by atoms with Crippen molar-refractivity contribution < 1.29 is 13.2 Å². The lowest BCUT2D eigenvalue weighted by atomic mass is 10.4. The molecule has 1 heterocycles. The average Bonchev–Trinajstić information content (AvgIpc) is 2.09. The minimum Gasteiger partial charge on any atom is -0.291 e. The summed E-state index contributed by atoms with van der Waals surface area (Å²) in [7, 11) is 1.95. The first-order chi connectivity index (χ1) is 6.68. The first kappa shape index (κ1) is 11.8. The van der Waals surface area contributed by atoms with Crippen molar-refractivity contribution in [1.29, 1.82) is 0 Å². The third kappa shape index (κ3) is 1.79. The van der Waals surface area contributed by atoms with Crippen LogP contribution >= 0.6 is 11.6 Å². The highest BCUT2D eigenvalue weighted by Crippen LogP contribution is 2.31. The molecule has 0 bridgehead atoms. The zero-order valence-corrected chi connectivity index (χ0v) is 8.48. The van der Waals surface area contributed by atoms with Gasteiger partial charge in [0.2, 0.25) is 0 Å². The fraction of sp³-hybridized carbons (Fsp3) is 0.429. The predicted molar refractivity (Wildman–Crippen MR) is 46.9 cm³/mol.